The number of rotatable bonds is 3. The van der Waals surface area contributed by atoms with Gasteiger partial charge in [0.1, 0.15) is 0 Å². The van der Waals surface area contributed by atoms with Crippen molar-refractivity contribution in [3.05, 3.63) is 30.3 Å². The molecule has 1 unspecified atom stereocenters. The standard InChI is InChI=1S/C13H18N2O/c1-11-7-8-15(10-11)13(16)9-14-12-5-3-2-4-6-12/h2-6,11,14H,7-10H2,1H3. The maximum absolute atomic E-state index is 11.8. The largest absolute Gasteiger partial charge is 0.376 e. The molecule has 3 heteroatoms. The molecule has 1 amide bonds. The van der Waals surface area contributed by atoms with E-state index in [-0.39, 0.29) is 5.91 Å². The van der Waals surface area contributed by atoms with Crippen LogP contribution >= 0.6 is 0 Å². The molecular weight excluding hydrogens is 200 g/mol. The van der Waals surface area contributed by atoms with E-state index in [1.54, 1.807) is 0 Å². The highest BCUT2D eigenvalue weighted by atomic mass is 16.2. The maximum atomic E-state index is 11.8. The van der Waals surface area contributed by atoms with Crippen molar-refractivity contribution in [2.24, 2.45) is 5.92 Å². The summed E-state index contributed by atoms with van der Waals surface area (Å²) >= 11 is 0. The second kappa shape index (κ2) is 5.01. The second-order valence-electron chi connectivity index (χ2n) is 4.45. The van der Waals surface area contributed by atoms with Gasteiger partial charge in [-0.3, -0.25) is 4.79 Å². The Morgan fingerprint density at radius 1 is 1.44 bits per heavy atom. The van der Waals surface area contributed by atoms with Crippen molar-refractivity contribution < 1.29 is 4.79 Å². The smallest absolute Gasteiger partial charge is 0.241 e. The topological polar surface area (TPSA) is 32.3 Å². The third kappa shape index (κ3) is 2.75. The molecule has 1 saturated heterocycles. The zero-order valence-electron chi connectivity index (χ0n) is 9.65. The zero-order valence-corrected chi connectivity index (χ0v) is 9.65. The van der Waals surface area contributed by atoms with Crippen LogP contribution in [0.2, 0.25) is 0 Å². The van der Waals surface area contributed by atoms with E-state index < -0.39 is 0 Å². The van der Waals surface area contributed by atoms with Crippen molar-refractivity contribution in [2.45, 2.75) is 13.3 Å². The zero-order chi connectivity index (χ0) is 11.4. The van der Waals surface area contributed by atoms with E-state index in [0.717, 1.165) is 25.2 Å². The van der Waals surface area contributed by atoms with Gasteiger partial charge in [0.2, 0.25) is 5.91 Å². The highest BCUT2D eigenvalue weighted by Crippen LogP contribution is 2.15. The molecule has 1 N–H and O–H groups in total. The first-order valence-electron chi connectivity index (χ1n) is 5.82. The molecule has 2 rings (SSSR count). The average Bonchev–Trinajstić information content (AvgIpc) is 2.74. The quantitative estimate of drug-likeness (QED) is 0.841. The molecule has 1 aliphatic rings. The normalized spacial score (nSPS) is 19.8. The number of hydrogen-bond acceptors (Lipinski definition) is 2. The predicted molar refractivity (Wildman–Crippen MR) is 65.3 cm³/mol. The molecule has 0 spiro atoms. The van der Waals surface area contributed by atoms with Crippen LogP contribution in [0, 0.1) is 5.92 Å². The highest BCUT2D eigenvalue weighted by Gasteiger charge is 2.22. The summed E-state index contributed by atoms with van der Waals surface area (Å²) < 4.78 is 0. The van der Waals surface area contributed by atoms with E-state index in [0.29, 0.717) is 12.5 Å². The molecule has 1 aromatic rings. The van der Waals surface area contributed by atoms with Crippen LogP contribution in [0.3, 0.4) is 0 Å². The van der Waals surface area contributed by atoms with Gasteiger partial charge in [-0.05, 0) is 24.5 Å². The predicted octanol–water partition coefficient (Wildman–Crippen LogP) is 1.97. The second-order valence-corrected chi connectivity index (χ2v) is 4.45. The fraction of sp³-hybridized carbons (Fsp3) is 0.462. The van der Waals surface area contributed by atoms with Crippen LogP contribution in [0.25, 0.3) is 0 Å². The fourth-order valence-corrected chi connectivity index (χ4v) is 2.01. The van der Waals surface area contributed by atoms with Crippen molar-refractivity contribution in [2.75, 3.05) is 25.0 Å². The van der Waals surface area contributed by atoms with Crippen LogP contribution < -0.4 is 5.32 Å². The van der Waals surface area contributed by atoms with Crippen molar-refractivity contribution >= 4 is 11.6 Å². The molecule has 16 heavy (non-hydrogen) atoms. The molecule has 0 aromatic heterocycles. The summed E-state index contributed by atoms with van der Waals surface area (Å²) in [7, 11) is 0. The maximum Gasteiger partial charge on any atom is 0.241 e. The van der Waals surface area contributed by atoms with Gasteiger partial charge in [-0.25, -0.2) is 0 Å². The SMILES string of the molecule is CC1CCN(C(=O)CNc2ccccc2)C1. The van der Waals surface area contributed by atoms with E-state index >= 15 is 0 Å². The van der Waals surface area contributed by atoms with E-state index in [1.807, 2.05) is 35.2 Å². The van der Waals surface area contributed by atoms with Gasteiger partial charge in [0.25, 0.3) is 0 Å². The van der Waals surface area contributed by atoms with Gasteiger partial charge < -0.3 is 10.2 Å². The summed E-state index contributed by atoms with van der Waals surface area (Å²) in [5.74, 6) is 0.855. The molecule has 0 radical (unpaired) electrons. The molecule has 1 aliphatic heterocycles. The molecule has 1 aromatic carbocycles. The Labute approximate surface area is 96.5 Å². The summed E-state index contributed by atoms with van der Waals surface area (Å²) in [5.41, 5.74) is 1.00. The average molecular weight is 218 g/mol. The first-order chi connectivity index (χ1) is 7.75. The number of para-hydroxylation sites is 1. The Balaban J connectivity index is 1.80. The minimum atomic E-state index is 0.202. The molecular formula is C13H18N2O. The third-order valence-electron chi connectivity index (χ3n) is 2.99. The van der Waals surface area contributed by atoms with Crippen LogP contribution in [0.5, 0.6) is 0 Å². The first kappa shape index (κ1) is 11.0. The van der Waals surface area contributed by atoms with Gasteiger partial charge in [-0.2, -0.15) is 0 Å². The molecule has 3 nitrogen and oxygen atoms in total. The molecule has 1 heterocycles. The summed E-state index contributed by atoms with van der Waals surface area (Å²) in [5, 5.41) is 3.14. The number of hydrogen-bond donors (Lipinski definition) is 1. The van der Waals surface area contributed by atoms with E-state index in [1.165, 1.54) is 0 Å². The van der Waals surface area contributed by atoms with Gasteiger partial charge >= 0.3 is 0 Å². The molecule has 0 saturated carbocycles. The molecule has 0 aliphatic carbocycles. The molecule has 1 atom stereocenters. The van der Waals surface area contributed by atoms with Crippen molar-refractivity contribution in [1.82, 2.24) is 4.90 Å². The van der Waals surface area contributed by atoms with Gasteiger partial charge in [0.15, 0.2) is 0 Å². The number of nitrogens with one attached hydrogen (secondary N) is 1. The number of amides is 1. The first-order valence-corrected chi connectivity index (χ1v) is 5.82. The molecule has 0 bridgehead atoms. The third-order valence-corrected chi connectivity index (χ3v) is 2.99. The Bertz CT molecular complexity index is 350. The number of nitrogens with zero attached hydrogens (tertiary/aromatic N) is 1. The molecule has 86 valence electrons. The lowest BCUT2D eigenvalue weighted by Crippen LogP contribution is -2.33. The highest BCUT2D eigenvalue weighted by molar-refractivity contribution is 5.81. The van der Waals surface area contributed by atoms with Crippen LogP contribution in [-0.4, -0.2) is 30.4 Å². The number of carbonyl (C=O) groups excluding carboxylic acids is 1. The number of anilines is 1. The van der Waals surface area contributed by atoms with Crippen molar-refractivity contribution in [1.29, 1.82) is 0 Å². The van der Waals surface area contributed by atoms with Gasteiger partial charge in [0, 0.05) is 18.8 Å². The van der Waals surface area contributed by atoms with E-state index in [4.69, 9.17) is 0 Å². The minimum Gasteiger partial charge on any atom is -0.376 e. The van der Waals surface area contributed by atoms with Crippen molar-refractivity contribution in [3.8, 4) is 0 Å². The number of benzene rings is 1. The van der Waals surface area contributed by atoms with Crippen molar-refractivity contribution in [3.63, 3.8) is 0 Å². The monoisotopic (exact) mass is 218 g/mol. The molecule has 1 fully saturated rings. The summed E-state index contributed by atoms with van der Waals surface area (Å²) in [4.78, 5) is 13.8. The lowest BCUT2D eigenvalue weighted by atomic mass is 10.2. The summed E-state index contributed by atoms with van der Waals surface area (Å²) in [6.07, 6.45) is 1.14. The Morgan fingerprint density at radius 2 is 2.19 bits per heavy atom. The van der Waals surface area contributed by atoms with E-state index in [2.05, 4.69) is 12.2 Å². The van der Waals surface area contributed by atoms with Crippen LogP contribution in [-0.2, 0) is 4.79 Å². The van der Waals surface area contributed by atoms with Gasteiger partial charge in [-0.1, -0.05) is 25.1 Å². The Kier molecular flexibility index (Phi) is 3.44. The van der Waals surface area contributed by atoms with Crippen LogP contribution in [0.15, 0.2) is 30.3 Å². The lowest BCUT2D eigenvalue weighted by molar-refractivity contribution is -0.128. The Morgan fingerprint density at radius 3 is 2.81 bits per heavy atom. The number of carbonyl (C=O) groups is 1. The number of likely N-dealkylation sites (tertiary alicyclic amines) is 1. The van der Waals surface area contributed by atoms with Gasteiger partial charge in [-0.15, -0.1) is 0 Å². The Hall–Kier alpha value is -1.51. The van der Waals surface area contributed by atoms with Gasteiger partial charge in [0.05, 0.1) is 6.54 Å². The lowest BCUT2D eigenvalue weighted by Gasteiger charge is -2.16. The van der Waals surface area contributed by atoms with E-state index in [9.17, 15) is 4.79 Å². The minimum absolute atomic E-state index is 0.202. The summed E-state index contributed by atoms with van der Waals surface area (Å²) in [6.45, 7) is 4.42. The van der Waals surface area contributed by atoms with Crippen LogP contribution in [0.4, 0.5) is 5.69 Å². The van der Waals surface area contributed by atoms with Crippen LogP contribution in [0.1, 0.15) is 13.3 Å². The summed E-state index contributed by atoms with van der Waals surface area (Å²) in [6, 6.07) is 9.84. The fourth-order valence-electron chi connectivity index (χ4n) is 2.01.